The number of halogens is 19. The lowest BCUT2D eigenvalue weighted by molar-refractivity contribution is -0.466. The number of hydrogen-bond donors (Lipinski definition) is 0. The Kier molecular flexibility index (Phi) is 6.22. The van der Waals surface area contributed by atoms with Crippen molar-refractivity contribution >= 4 is 0 Å². The molecule has 0 N–H and O–H groups in total. The molecule has 0 rings (SSSR count). The van der Waals surface area contributed by atoms with Crippen molar-refractivity contribution in [1.82, 2.24) is 0 Å². The van der Waals surface area contributed by atoms with Gasteiger partial charge in [0.2, 0.25) is 0 Å². The molecule has 0 aliphatic carbocycles. The van der Waals surface area contributed by atoms with Crippen LogP contribution in [0.3, 0.4) is 0 Å². The van der Waals surface area contributed by atoms with Crippen molar-refractivity contribution in [1.29, 1.82) is 0 Å². The highest BCUT2D eigenvalue weighted by Crippen LogP contribution is 2.65. The van der Waals surface area contributed by atoms with Crippen LogP contribution in [0.2, 0.25) is 0 Å². The standard InChI is InChI=1S/C11HF19/c1-2-3(12,13)4(14,15)5(16,17)6(18,19)7(20,21)8(22,23)9(24,25)10(26,27)11(28,29)30/h1H. The minimum absolute atomic E-state index is 0.622. The van der Waals surface area contributed by atoms with E-state index in [0.29, 0.717) is 0 Å². The Balaban J connectivity index is 6.90. The summed E-state index contributed by atoms with van der Waals surface area (Å²) in [7, 11) is 0. The first-order chi connectivity index (χ1) is 12.6. The predicted molar refractivity (Wildman–Crippen MR) is 54.5 cm³/mol. The van der Waals surface area contributed by atoms with Crippen LogP contribution in [0.15, 0.2) is 0 Å². The molecule has 0 fully saturated rings. The lowest BCUT2D eigenvalue weighted by Crippen LogP contribution is -2.75. The molecule has 0 aromatic carbocycles. The summed E-state index contributed by atoms with van der Waals surface area (Å²) in [6, 6.07) is 0. The van der Waals surface area contributed by atoms with Gasteiger partial charge in [-0.05, 0) is 5.92 Å². The molecule has 0 aliphatic heterocycles. The summed E-state index contributed by atoms with van der Waals surface area (Å²) in [5, 5.41) is 0. The molecule has 0 radical (unpaired) electrons. The van der Waals surface area contributed by atoms with E-state index >= 15 is 0 Å². The third-order valence-corrected chi connectivity index (χ3v) is 3.30. The Morgan fingerprint density at radius 3 is 0.733 bits per heavy atom. The average molecular weight is 494 g/mol. The SMILES string of the molecule is C#CC(F)(F)C(F)(F)C(F)(F)C(F)(F)C(F)(F)C(F)(F)C(F)(F)C(F)(F)C(F)(F)F. The number of rotatable bonds is 7. The summed E-state index contributed by atoms with van der Waals surface area (Å²) >= 11 is 0. The van der Waals surface area contributed by atoms with Crippen LogP contribution in [0.4, 0.5) is 83.4 Å². The van der Waals surface area contributed by atoms with Crippen LogP contribution < -0.4 is 0 Å². The molecule has 0 nitrogen and oxygen atoms in total. The van der Waals surface area contributed by atoms with Gasteiger partial charge in [-0.25, -0.2) is 0 Å². The van der Waals surface area contributed by atoms with Crippen molar-refractivity contribution in [3.63, 3.8) is 0 Å². The van der Waals surface area contributed by atoms with Crippen LogP contribution in [0.5, 0.6) is 0 Å². The predicted octanol–water partition coefficient (Wildman–Crippen LogP) is 6.26. The first-order valence-corrected chi connectivity index (χ1v) is 6.13. The Morgan fingerprint density at radius 2 is 0.533 bits per heavy atom. The topological polar surface area (TPSA) is 0 Å². The Morgan fingerprint density at radius 1 is 0.333 bits per heavy atom. The molecule has 0 amide bonds. The van der Waals surface area contributed by atoms with E-state index in [0.717, 1.165) is 0 Å². The summed E-state index contributed by atoms with van der Waals surface area (Å²) in [4.78, 5) is 0. The monoisotopic (exact) mass is 494 g/mol. The Hall–Kier alpha value is -1.77. The molecule has 19 heteroatoms. The molecule has 0 spiro atoms. The quantitative estimate of drug-likeness (QED) is 0.290. The van der Waals surface area contributed by atoms with Gasteiger partial charge in [0.1, 0.15) is 0 Å². The summed E-state index contributed by atoms with van der Waals surface area (Å²) in [6.07, 6.45) is -4.33. The summed E-state index contributed by atoms with van der Waals surface area (Å²) < 4.78 is 242. The maximum absolute atomic E-state index is 13.1. The van der Waals surface area contributed by atoms with Gasteiger partial charge in [-0.2, -0.15) is 83.4 Å². The van der Waals surface area contributed by atoms with Crippen LogP contribution in [-0.4, -0.2) is 53.6 Å². The first-order valence-electron chi connectivity index (χ1n) is 6.13. The lowest BCUT2D eigenvalue weighted by atomic mass is 9.87. The molecule has 0 atom stereocenters. The van der Waals surface area contributed by atoms with Gasteiger partial charge in [0.15, 0.2) is 0 Å². The van der Waals surface area contributed by atoms with E-state index in [1.165, 1.54) is 0 Å². The van der Waals surface area contributed by atoms with Crippen LogP contribution in [-0.2, 0) is 0 Å². The van der Waals surface area contributed by atoms with Gasteiger partial charge in [-0.1, -0.05) is 0 Å². The molecule has 0 unspecified atom stereocenters. The minimum Gasteiger partial charge on any atom is -0.192 e. The molecular weight excluding hydrogens is 493 g/mol. The summed E-state index contributed by atoms with van der Waals surface area (Å²) in [5.41, 5.74) is 0. The van der Waals surface area contributed by atoms with E-state index < -0.39 is 59.5 Å². The third-order valence-electron chi connectivity index (χ3n) is 3.30. The first kappa shape index (κ1) is 28.2. The highest BCUT2D eigenvalue weighted by atomic mass is 19.4. The number of hydrogen-bond acceptors (Lipinski definition) is 0. The van der Waals surface area contributed by atoms with Crippen molar-refractivity contribution in [2.75, 3.05) is 0 Å². The Labute approximate surface area is 151 Å². The van der Waals surface area contributed by atoms with Gasteiger partial charge >= 0.3 is 53.6 Å². The Bertz CT molecular complexity index is 686. The molecule has 178 valence electrons. The van der Waals surface area contributed by atoms with Gasteiger partial charge in [-0.3, -0.25) is 0 Å². The van der Waals surface area contributed by atoms with Crippen LogP contribution in [0.25, 0.3) is 0 Å². The normalized spacial score (nSPS) is 16.5. The zero-order chi connectivity index (χ0) is 25.2. The van der Waals surface area contributed by atoms with E-state index in [1.807, 2.05) is 0 Å². The van der Waals surface area contributed by atoms with Gasteiger partial charge < -0.3 is 0 Å². The van der Waals surface area contributed by atoms with Crippen LogP contribution in [0.1, 0.15) is 0 Å². The maximum atomic E-state index is 13.1. The van der Waals surface area contributed by atoms with E-state index in [2.05, 4.69) is 6.42 Å². The maximum Gasteiger partial charge on any atom is 0.460 e. The van der Waals surface area contributed by atoms with Gasteiger partial charge in [-0.15, -0.1) is 6.42 Å². The van der Waals surface area contributed by atoms with E-state index in [9.17, 15) is 83.4 Å². The second kappa shape index (κ2) is 6.61. The highest BCUT2D eigenvalue weighted by molar-refractivity contribution is 5.20. The van der Waals surface area contributed by atoms with Gasteiger partial charge in [0, 0.05) is 0 Å². The largest absolute Gasteiger partial charge is 0.460 e. The van der Waals surface area contributed by atoms with Crippen molar-refractivity contribution in [2.45, 2.75) is 53.6 Å². The minimum atomic E-state index is -8.92. The van der Waals surface area contributed by atoms with Crippen molar-refractivity contribution in [3.8, 4) is 12.3 Å². The third kappa shape index (κ3) is 3.11. The molecule has 30 heavy (non-hydrogen) atoms. The van der Waals surface area contributed by atoms with Crippen molar-refractivity contribution < 1.29 is 83.4 Å². The second-order valence-corrected chi connectivity index (χ2v) is 5.24. The van der Waals surface area contributed by atoms with Gasteiger partial charge in [0.05, 0.1) is 0 Å². The fourth-order valence-electron chi connectivity index (χ4n) is 1.45. The molecule has 0 saturated carbocycles. The van der Waals surface area contributed by atoms with Crippen molar-refractivity contribution in [2.24, 2.45) is 0 Å². The molecule has 0 heterocycles. The second-order valence-electron chi connectivity index (χ2n) is 5.24. The van der Waals surface area contributed by atoms with E-state index in [1.54, 1.807) is 0 Å². The molecule has 0 aromatic heterocycles. The molecule has 0 aliphatic rings. The summed E-state index contributed by atoms with van der Waals surface area (Å²) in [6.45, 7) is 0. The number of terminal acetylenes is 1. The molecule has 0 saturated heterocycles. The van der Waals surface area contributed by atoms with Crippen molar-refractivity contribution in [3.05, 3.63) is 0 Å². The fraction of sp³-hybridized carbons (Fsp3) is 0.818. The average Bonchev–Trinajstić information content (AvgIpc) is 2.52. The zero-order valence-electron chi connectivity index (χ0n) is 12.8. The van der Waals surface area contributed by atoms with E-state index in [4.69, 9.17) is 0 Å². The molecule has 0 bridgehead atoms. The fourth-order valence-corrected chi connectivity index (χ4v) is 1.45. The van der Waals surface area contributed by atoms with Crippen LogP contribution in [0, 0.1) is 12.3 Å². The summed E-state index contributed by atoms with van der Waals surface area (Å²) in [5.74, 6) is -67.5. The highest BCUT2D eigenvalue weighted by Gasteiger charge is 2.96. The number of alkyl halides is 19. The molecular formula is C11HF19. The van der Waals surface area contributed by atoms with E-state index in [-0.39, 0.29) is 0 Å². The lowest BCUT2D eigenvalue weighted by Gasteiger charge is -2.43. The smallest absolute Gasteiger partial charge is 0.192 e. The zero-order valence-corrected chi connectivity index (χ0v) is 12.8. The molecule has 0 aromatic rings. The van der Waals surface area contributed by atoms with Gasteiger partial charge in [0.25, 0.3) is 0 Å². The van der Waals surface area contributed by atoms with Crippen LogP contribution >= 0.6 is 0 Å².